The molecule has 5 rings (SSSR count). The van der Waals surface area contributed by atoms with Crippen LogP contribution in [0.1, 0.15) is 232 Å². The maximum Gasteiger partial charge on any atom is 0.308 e. The van der Waals surface area contributed by atoms with E-state index in [0.717, 1.165) is 141 Å². The second-order valence-electron chi connectivity index (χ2n) is 27.7. The van der Waals surface area contributed by atoms with Gasteiger partial charge in [0.15, 0.2) is 25.2 Å². The normalized spacial score (nSPS) is 35.7. The van der Waals surface area contributed by atoms with Crippen LogP contribution in [0, 0.1) is 0 Å². The maximum atomic E-state index is 13.5. The summed E-state index contributed by atoms with van der Waals surface area (Å²) in [6, 6.07) is 0. The number of esters is 2. The third-order valence-electron chi connectivity index (χ3n) is 19.3. The van der Waals surface area contributed by atoms with Crippen molar-refractivity contribution in [2.24, 2.45) is 0 Å². The number of fused-ring (bicyclic) bond motifs is 4. The van der Waals surface area contributed by atoms with Crippen molar-refractivity contribution >= 4 is 11.9 Å². The van der Waals surface area contributed by atoms with Gasteiger partial charge in [0.2, 0.25) is 0 Å². The van der Waals surface area contributed by atoms with Crippen LogP contribution in [-0.4, -0.2) is 280 Å². The molecule has 5 fully saturated rings. The van der Waals surface area contributed by atoms with Crippen LogP contribution in [0.3, 0.4) is 0 Å². The number of unbranched alkanes of at least 4 members (excludes halogenated alkanes) is 20. The van der Waals surface area contributed by atoms with Gasteiger partial charge in [0.25, 0.3) is 0 Å². The van der Waals surface area contributed by atoms with E-state index in [0.29, 0.717) is 51.4 Å². The van der Waals surface area contributed by atoms with Crippen molar-refractivity contribution in [3.05, 3.63) is 0 Å². The van der Waals surface area contributed by atoms with Gasteiger partial charge in [-0.25, -0.2) is 0 Å². The number of carbonyl (C=O) groups excluding carboxylic acids is 2. The molecule has 0 aromatic heterocycles. The molecule has 0 amide bonds. The van der Waals surface area contributed by atoms with Crippen molar-refractivity contribution in [1.29, 1.82) is 0 Å². The van der Waals surface area contributed by atoms with E-state index in [9.17, 15) is 91.3 Å². The number of hydrogen-bond acceptors (Lipinski definition) is 28. The number of aliphatic hydroxyl groups is 16. The molecule has 5 aliphatic heterocycles. The Bertz CT molecular complexity index is 1890. The first-order valence-electron chi connectivity index (χ1n) is 36.3. The Morgan fingerprint density at radius 1 is 0.344 bits per heavy atom. The molecule has 0 aromatic carbocycles. The smallest absolute Gasteiger partial charge is 0.308 e. The van der Waals surface area contributed by atoms with Crippen molar-refractivity contribution in [2.75, 3.05) is 26.4 Å². The van der Waals surface area contributed by atoms with E-state index in [-0.39, 0.29) is 50.1 Å². The van der Waals surface area contributed by atoms with E-state index in [1.165, 1.54) is 0 Å². The third kappa shape index (κ3) is 29.7. The largest absolute Gasteiger partial charge is 0.463 e. The van der Waals surface area contributed by atoms with Crippen molar-refractivity contribution < 1.29 is 139 Å². The highest BCUT2D eigenvalue weighted by Crippen LogP contribution is 2.32. The molecule has 564 valence electrons. The molecule has 16 N–H and O–H groups in total. The molecule has 28 heteroatoms. The fourth-order valence-electron chi connectivity index (χ4n) is 13.2. The van der Waals surface area contributed by atoms with Gasteiger partial charge in [-0.15, -0.1) is 0 Å². The van der Waals surface area contributed by atoms with Crippen molar-refractivity contribution in [3.8, 4) is 0 Å². The fraction of sp³-hybridized carbons (Fsp3) is 0.971. The molecule has 0 aromatic rings. The molecule has 0 radical (unpaired) electrons. The molecule has 5 heterocycles. The summed E-state index contributed by atoms with van der Waals surface area (Å²) in [6.45, 7) is 1.28. The first kappa shape index (κ1) is 84.6. The molecule has 0 saturated carbocycles. The minimum atomic E-state index is -1.78. The van der Waals surface area contributed by atoms with E-state index in [1.54, 1.807) is 13.8 Å². The quantitative estimate of drug-likeness (QED) is 0.0306. The zero-order chi connectivity index (χ0) is 70.1. The predicted molar refractivity (Wildman–Crippen MR) is 343 cm³/mol. The zero-order valence-electron chi connectivity index (χ0n) is 56.9. The topological polar surface area (TPSA) is 450 Å². The summed E-state index contributed by atoms with van der Waals surface area (Å²) in [5, 5.41) is 167. The number of hydrogen-bond donors (Lipinski definition) is 16. The Morgan fingerprint density at radius 2 is 0.625 bits per heavy atom. The Hall–Kier alpha value is -2.02. The lowest BCUT2D eigenvalue weighted by molar-refractivity contribution is -0.316. The molecule has 0 spiro atoms. The Labute approximate surface area is 566 Å². The first-order chi connectivity index (χ1) is 46.0. The number of carbonyl (C=O) groups is 2. The fourth-order valence-corrected chi connectivity index (χ4v) is 13.2. The molecule has 5 aliphatic rings. The Kier molecular flexibility index (Phi) is 41.0. The van der Waals surface area contributed by atoms with Gasteiger partial charge in [0, 0.05) is 0 Å². The highest BCUT2D eigenvalue weighted by Gasteiger charge is 2.49. The van der Waals surface area contributed by atoms with Crippen molar-refractivity contribution in [3.63, 3.8) is 0 Å². The molecule has 96 heavy (non-hydrogen) atoms. The second-order valence-corrected chi connectivity index (χ2v) is 27.7. The van der Waals surface area contributed by atoms with Gasteiger partial charge in [-0.3, -0.25) is 9.59 Å². The number of cyclic esters (lactones) is 2. The number of rotatable bonds is 42. The minimum absolute atomic E-state index is 0.284. The van der Waals surface area contributed by atoms with Crippen LogP contribution in [-0.2, 0) is 57.0 Å². The van der Waals surface area contributed by atoms with Crippen LogP contribution < -0.4 is 0 Å². The van der Waals surface area contributed by atoms with Crippen LogP contribution in [0.2, 0.25) is 0 Å². The average molecular weight is 1390 g/mol. The lowest BCUT2D eigenvalue weighted by Gasteiger charge is -2.42. The molecule has 26 atom stereocenters. The molecular weight excluding hydrogens is 1260 g/mol. The maximum absolute atomic E-state index is 13.5. The van der Waals surface area contributed by atoms with Gasteiger partial charge in [-0.05, 0) is 65.2 Å². The third-order valence-corrected chi connectivity index (χ3v) is 19.3. The van der Waals surface area contributed by atoms with Crippen molar-refractivity contribution in [1.82, 2.24) is 0 Å². The van der Waals surface area contributed by atoms with Crippen LogP contribution in [0.15, 0.2) is 0 Å². The van der Waals surface area contributed by atoms with E-state index in [1.807, 2.05) is 0 Å². The lowest BCUT2D eigenvalue weighted by Crippen LogP contribution is -2.60. The van der Waals surface area contributed by atoms with Gasteiger partial charge >= 0.3 is 11.9 Å². The summed E-state index contributed by atoms with van der Waals surface area (Å²) in [7, 11) is 0. The highest BCUT2D eigenvalue weighted by atomic mass is 16.7. The molecule has 28 nitrogen and oxygen atoms in total. The van der Waals surface area contributed by atoms with Crippen LogP contribution in [0.25, 0.3) is 0 Å². The van der Waals surface area contributed by atoms with Gasteiger partial charge in [0.1, 0.15) is 111 Å². The van der Waals surface area contributed by atoms with Gasteiger partial charge in [0.05, 0.1) is 62.7 Å². The highest BCUT2D eigenvalue weighted by molar-refractivity contribution is 5.70. The molecule has 5 saturated heterocycles. The van der Waals surface area contributed by atoms with Crippen molar-refractivity contribution in [2.45, 2.75) is 392 Å². The molecule has 0 aliphatic carbocycles. The van der Waals surface area contributed by atoms with Crippen LogP contribution in [0.5, 0.6) is 0 Å². The van der Waals surface area contributed by atoms with Gasteiger partial charge in [-0.2, -0.15) is 0 Å². The summed E-state index contributed by atoms with van der Waals surface area (Å²) in [6.07, 6.45) is -8.54. The zero-order valence-corrected chi connectivity index (χ0v) is 56.9. The van der Waals surface area contributed by atoms with Gasteiger partial charge < -0.3 is 129 Å². The van der Waals surface area contributed by atoms with E-state index >= 15 is 0 Å². The summed E-state index contributed by atoms with van der Waals surface area (Å²) in [5.41, 5.74) is 0. The monoisotopic (exact) mass is 1390 g/mol. The number of aliphatic hydroxyl groups excluding tert-OH is 16. The SMILES string of the molecule is CC(O)CCCCCC(CCCCCCCCCCCC1CC(=O)OC[C@H]2O[C@@H](OC(CCCCCCCCCCCC(CCCCCC(C)O)O[C@@H]3O[C@H](CO)[C@@H](O)[C@H](O)[C@H]3O)CC(=O)OC[C@@H]3O[C@H](O1)[C@@H](O)[C@H](O)[C@H]3O)[C@H](O)[C@@H](O)[C@@H]2O)O[C@@H]1O[C@H](CO)[C@@H](O)[C@H](O)[C@H]1O. The standard InChI is InChI=1S/C68H124O28/c1-41(71)27-19-17-25-31-43(89-65-61(83)57(79)53(75)47(37-69)93-65)29-21-13-9-5-3-7-11-15-23-33-45-35-51(73)87-39-50-56(78)60(82)64(86)68(96-50)92-46(36-52(74)88-40-49-55(77)59(81)63(85)67(91-45)95-49)34-24-16-12-8-4-6-10-14-22-30-44(32-26-18-20-28-42(2)72)90-66-62(84)58(80)54(76)48(38-70)94-66/h41-50,53-72,75-86H,3-40H2,1-2H3/t41?,42?,43?,44?,45?,46?,47-,48-,49-,50+,53-,54-,55-,56+,57+,58+,59+,60-,61-,62-,63-,64+,65-,66-,67-,68+/m1/s1. The average Bonchev–Trinajstić information content (AvgIpc) is 0.846. The van der Waals surface area contributed by atoms with E-state index in [4.69, 9.17) is 47.4 Å². The van der Waals surface area contributed by atoms with Crippen LogP contribution >= 0.6 is 0 Å². The first-order valence-corrected chi connectivity index (χ1v) is 36.3. The second kappa shape index (κ2) is 46.6. The van der Waals surface area contributed by atoms with E-state index in [2.05, 4.69) is 0 Å². The van der Waals surface area contributed by atoms with Crippen LogP contribution in [0.4, 0.5) is 0 Å². The summed E-state index contributed by atoms with van der Waals surface area (Å²) < 4.78 is 58.8. The molecule has 6 unspecified atom stereocenters. The Morgan fingerprint density at radius 3 is 0.938 bits per heavy atom. The summed E-state index contributed by atoms with van der Waals surface area (Å²) in [5.74, 6) is -1.58. The van der Waals surface area contributed by atoms with Gasteiger partial charge in [-0.1, -0.05) is 154 Å². The summed E-state index contributed by atoms with van der Waals surface area (Å²) >= 11 is 0. The molecule has 4 bridgehead atoms. The lowest BCUT2D eigenvalue weighted by atomic mass is 9.98. The Balaban J connectivity index is 1.05. The van der Waals surface area contributed by atoms with E-state index < -0.39 is 173 Å². The predicted octanol–water partition coefficient (Wildman–Crippen LogP) is 1.87. The summed E-state index contributed by atoms with van der Waals surface area (Å²) in [4.78, 5) is 27.1. The minimum Gasteiger partial charge on any atom is -0.463 e. The number of ether oxygens (including phenoxy) is 10. The molecular formula is C68H124O28.